The van der Waals surface area contributed by atoms with Crippen LogP contribution in [-0.2, 0) is 9.59 Å². The summed E-state index contributed by atoms with van der Waals surface area (Å²) in [6.45, 7) is 21.2. The Hall–Kier alpha value is -2.93. The van der Waals surface area contributed by atoms with E-state index >= 15 is 0 Å². The van der Waals surface area contributed by atoms with Crippen LogP contribution >= 0.6 is 0 Å². The number of hydrogen-bond acceptors (Lipinski definition) is 4. The van der Waals surface area contributed by atoms with Gasteiger partial charge in [-0.25, -0.2) is 4.79 Å². The highest BCUT2D eigenvalue weighted by atomic mass is 16.4. The van der Waals surface area contributed by atoms with E-state index in [2.05, 4.69) is 66.1 Å². The van der Waals surface area contributed by atoms with Gasteiger partial charge in [-0.1, -0.05) is 65.0 Å². The maximum Gasteiger partial charge on any atom is 0.335 e. The molecule has 1 amide bonds. The third kappa shape index (κ3) is 5.40. The number of piperidine rings is 1. The molecule has 7 nitrogen and oxygen atoms in total. The zero-order valence-corrected chi connectivity index (χ0v) is 33.0. The molecule has 0 radical (unpaired) electrons. The van der Waals surface area contributed by atoms with Crippen molar-refractivity contribution < 1.29 is 24.6 Å². The van der Waals surface area contributed by atoms with Crippen molar-refractivity contribution in [2.75, 3.05) is 26.7 Å². The van der Waals surface area contributed by atoms with Gasteiger partial charge in [0.2, 0.25) is 5.91 Å². The van der Waals surface area contributed by atoms with E-state index in [1.165, 1.54) is 43.3 Å². The highest BCUT2D eigenvalue weighted by Gasteiger charge is 2.71. The van der Waals surface area contributed by atoms with Crippen molar-refractivity contribution in [1.29, 1.82) is 0 Å². The van der Waals surface area contributed by atoms with Gasteiger partial charge in [0.15, 0.2) is 0 Å². The highest BCUT2D eigenvalue weighted by molar-refractivity contribution is 5.88. The second-order valence-corrected chi connectivity index (χ2v) is 19.6. The van der Waals surface area contributed by atoms with Crippen molar-refractivity contribution in [3.05, 3.63) is 53.6 Å². The smallest absolute Gasteiger partial charge is 0.335 e. The predicted molar refractivity (Wildman–Crippen MR) is 206 cm³/mol. The first kappa shape index (κ1) is 37.4. The highest BCUT2D eigenvalue weighted by Crippen LogP contribution is 2.77. The van der Waals surface area contributed by atoms with Crippen LogP contribution < -0.4 is 0 Å². The first-order valence-electron chi connectivity index (χ1n) is 20.3. The number of likely N-dealkylation sites (tertiary alicyclic amines) is 1. The standard InChI is InChI=1S/C45H64N2O5/c1-28(2)32-15-22-45(46(8)27-37(48)47-25-18-31(19-26-47)40(51)52)24-23-43(6)34(38(32)45)13-14-36-42(5)20-16-33(29-9-11-30(12-10-29)39(49)50)41(3,4)35(42)17-21-44(36,43)7/h9-12,16,31-32,34-36,38H,1,13-15,17-27H2,2-8H3,(H,49,50)(H,51,52)/t32-,34+,35-,36+,38+,42-,43+,44+,45-/m0/s1. The van der Waals surface area contributed by atoms with Crippen LogP contribution in [0.2, 0.25) is 0 Å². The summed E-state index contributed by atoms with van der Waals surface area (Å²) in [5.41, 5.74) is 4.72. The summed E-state index contributed by atoms with van der Waals surface area (Å²) in [5.74, 6) is 0.883. The Labute approximate surface area is 312 Å². The molecular weight excluding hydrogens is 649 g/mol. The molecule has 1 aromatic carbocycles. The molecule has 284 valence electrons. The molecule has 0 spiro atoms. The molecule has 52 heavy (non-hydrogen) atoms. The molecule has 9 atom stereocenters. The number of aromatic carboxylic acids is 1. The topological polar surface area (TPSA) is 98.2 Å². The van der Waals surface area contributed by atoms with Gasteiger partial charge in [0.25, 0.3) is 0 Å². The summed E-state index contributed by atoms with van der Waals surface area (Å²) in [6, 6.07) is 7.53. The summed E-state index contributed by atoms with van der Waals surface area (Å²) >= 11 is 0. The van der Waals surface area contributed by atoms with Gasteiger partial charge in [-0.3, -0.25) is 14.5 Å². The summed E-state index contributed by atoms with van der Waals surface area (Å²) in [6.07, 6.45) is 14.1. The molecule has 1 heterocycles. The molecule has 1 aliphatic heterocycles. The quantitative estimate of drug-likeness (QED) is 0.274. The fourth-order valence-corrected chi connectivity index (χ4v) is 14.5. The number of carboxylic acid groups (broad SMARTS) is 2. The van der Waals surface area contributed by atoms with Crippen LogP contribution in [0.1, 0.15) is 128 Å². The maximum absolute atomic E-state index is 13.8. The lowest BCUT2D eigenvalue weighted by Crippen LogP contribution is -2.68. The van der Waals surface area contributed by atoms with E-state index in [9.17, 15) is 24.6 Å². The molecule has 7 rings (SSSR count). The number of amides is 1. The molecule has 6 aliphatic rings. The van der Waals surface area contributed by atoms with Gasteiger partial charge in [0, 0.05) is 18.6 Å². The van der Waals surface area contributed by atoms with E-state index in [0.717, 1.165) is 31.2 Å². The van der Waals surface area contributed by atoms with E-state index in [1.54, 1.807) is 12.1 Å². The second-order valence-electron chi connectivity index (χ2n) is 19.6. The number of carboxylic acids is 2. The minimum Gasteiger partial charge on any atom is -0.481 e. The molecular formula is C45H64N2O5. The SMILES string of the molecule is C=C(C)[C@@H]1CC[C@]2(N(C)CC(=O)N3CCC(C(=O)O)CC3)CC[C@]3(C)[C@H](CC[C@@H]4[C@@]5(C)CC=C(c6ccc(C(=O)O)cc6)C(C)(C)[C@@H]5CC[C@]43C)[C@@H]12. The van der Waals surface area contributed by atoms with Crippen LogP contribution in [0.25, 0.3) is 5.57 Å². The van der Waals surface area contributed by atoms with Gasteiger partial charge >= 0.3 is 11.9 Å². The van der Waals surface area contributed by atoms with E-state index in [4.69, 9.17) is 0 Å². The molecule has 2 N–H and O–H groups in total. The Morgan fingerprint density at radius 3 is 2.13 bits per heavy atom. The number of nitrogens with zero attached hydrogens (tertiary/aromatic N) is 2. The number of rotatable bonds is 7. The number of likely N-dealkylation sites (N-methyl/N-ethyl adjacent to an activating group) is 1. The summed E-state index contributed by atoms with van der Waals surface area (Å²) in [7, 11) is 2.21. The van der Waals surface area contributed by atoms with E-state index in [0.29, 0.717) is 67.6 Å². The predicted octanol–water partition coefficient (Wildman–Crippen LogP) is 9.04. The van der Waals surface area contributed by atoms with E-state index in [1.807, 2.05) is 17.0 Å². The summed E-state index contributed by atoms with van der Waals surface area (Å²) < 4.78 is 0. The van der Waals surface area contributed by atoms with Crippen molar-refractivity contribution >= 4 is 23.4 Å². The third-order valence-electron chi connectivity index (χ3n) is 17.4. The first-order chi connectivity index (χ1) is 24.4. The second kappa shape index (κ2) is 12.8. The molecule has 0 bridgehead atoms. The van der Waals surface area contributed by atoms with Crippen molar-refractivity contribution in [3.8, 4) is 0 Å². The Balaban J connectivity index is 1.16. The molecule has 1 saturated heterocycles. The molecule has 1 aromatic rings. The summed E-state index contributed by atoms with van der Waals surface area (Å²) in [5, 5.41) is 19.0. The molecule has 0 unspecified atom stereocenters. The lowest BCUT2D eigenvalue weighted by atomic mass is 9.33. The normalized spacial score (nSPS) is 39.8. The van der Waals surface area contributed by atoms with Gasteiger partial charge in [0.05, 0.1) is 18.0 Å². The molecule has 0 aromatic heterocycles. The van der Waals surface area contributed by atoms with Crippen LogP contribution in [0.15, 0.2) is 42.5 Å². The molecule has 7 heteroatoms. The number of carbonyl (C=O) groups is 3. The van der Waals surface area contributed by atoms with Gasteiger partial charge < -0.3 is 15.1 Å². The van der Waals surface area contributed by atoms with E-state index < -0.39 is 11.9 Å². The largest absolute Gasteiger partial charge is 0.481 e. The Morgan fingerprint density at radius 1 is 0.846 bits per heavy atom. The fraction of sp³-hybridized carbons (Fsp3) is 0.711. The number of fused-ring (bicyclic) bond motifs is 7. The van der Waals surface area contributed by atoms with Gasteiger partial charge in [-0.15, -0.1) is 0 Å². The monoisotopic (exact) mass is 712 g/mol. The average molecular weight is 713 g/mol. The van der Waals surface area contributed by atoms with Crippen molar-refractivity contribution in [3.63, 3.8) is 0 Å². The molecule has 5 fully saturated rings. The zero-order valence-electron chi connectivity index (χ0n) is 33.0. The van der Waals surface area contributed by atoms with Crippen LogP contribution in [0, 0.1) is 57.2 Å². The van der Waals surface area contributed by atoms with Crippen molar-refractivity contribution in [2.24, 2.45) is 57.2 Å². The molecule has 4 saturated carbocycles. The van der Waals surface area contributed by atoms with Crippen molar-refractivity contribution in [1.82, 2.24) is 9.80 Å². The fourth-order valence-electron chi connectivity index (χ4n) is 14.5. The van der Waals surface area contributed by atoms with Crippen LogP contribution in [0.5, 0.6) is 0 Å². The average Bonchev–Trinajstić information content (AvgIpc) is 3.50. The lowest BCUT2D eigenvalue weighted by molar-refractivity contribution is -0.226. The van der Waals surface area contributed by atoms with Gasteiger partial charge in [0.1, 0.15) is 0 Å². The Morgan fingerprint density at radius 2 is 1.52 bits per heavy atom. The summed E-state index contributed by atoms with van der Waals surface area (Å²) in [4.78, 5) is 41.3. The molecule has 5 aliphatic carbocycles. The third-order valence-corrected chi connectivity index (χ3v) is 17.4. The Kier molecular flexibility index (Phi) is 9.23. The van der Waals surface area contributed by atoms with Gasteiger partial charge in [-0.2, -0.15) is 0 Å². The lowest BCUT2D eigenvalue weighted by Gasteiger charge is -2.73. The van der Waals surface area contributed by atoms with Crippen LogP contribution in [-0.4, -0.2) is 70.1 Å². The van der Waals surface area contributed by atoms with Gasteiger partial charge in [-0.05, 0) is 159 Å². The first-order valence-corrected chi connectivity index (χ1v) is 20.3. The zero-order chi connectivity index (χ0) is 37.6. The Bertz CT molecular complexity index is 1660. The minimum absolute atomic E-state index is 0.0200. The number of benzene rings is 1. The number of allylic oxidation sites excluding steroid dienone is 3. The minimum atomic E-state index is -0.881. The maximum atomic E-state index is 13.8. The number of carbonyl (C=O) groups excluding carboxylic acids is 1. The number of aliphatic carboxylic acids is 1. The van der Waals surface area contributed by atoms with Crippen LogP contribution in [0.4, 0.5) is 0 Å². The van der Waals surface area contributed by atoms with Crippen LogP contribution in [0.3, 0.4) is 0 Å². The van der Waals surface area contributed by atoms with Crippen molar-refractivity contribution in [2.45, 2.75) is 118 Å². The van der Waals surface area contributed by atoms with E-state index in [-0.39, 0.29) is 39.0 Å². The number of hydrogen-bond donors (Lipinski definition) is 2.